The molecule has 0 radical (unpaired) electrons. The molecule has 2 aliphatic rings. The minimum atomic E-state index is -0.0719. The molecule has 2 heterocycles. The van der Waals surface area contributed by atoms with Gasteiger partial charge in [-0.2, -0.15) is 0 Å². The summed E-state index contributed by atoms with van der Waals surface area (Å²) >= 11 is 6.41. The van der Waals surface area contributed by atoms with E-state index in [1.54, 1.807) is 12.4 Å². The van der Waals surface area contributed by atoms with Crippen LogP contribution in [0.4, 0.5) is 0 Å². The number of ether oxygens (including phenoxy) is 1. The monoisotopic (exact) mass is 371 g/mol. The first-order chi connectivity index (χ1) is 12.7. The zero-order valence-electron chi connectivity index (χ0n) is 14.6. The Kier molecular flexibility index (Phi) is 5.07. The molecule has 0 spiro atoms. The van der Waals surface area contributed by atoms with Gasteiger partial charge >= 0.3 is 0 Å². The number of rotatable bonds is 5. The molecular weight excluding hydrogens is 350 g/mol. The van der Waals surface area contributed by atoms with Gasteiger partial charge in [-0.25, -0.2) is 9.97 Å². The van der Waals surface area contributed by atoms with E-state index in [4.69, 9.17) is 16.3 Å². The third-order valence-electron chi connectivity index (χ3n) is 5.22. The highest BCUT2D eigenvalue weighted by Gasteiger charge is 2.27. The van der Waals surface area contributed by atoms with Gasteiger partial charge in [0.1, 0.15) is 18.2 Å². The maximum atomic E-state index is 12.1. The van der Waals surface area contributed by atoms with Gasteiger partial charge in [0.25, 0.3) is 0 Å². The molecule has 26 heavy (non-hydrogen) atoms. The van der Waals surface area contributed by atoms with Crippen molar-refractivity contribution in [2.45, 2.75) is 44.6 Å². The highest BCUT2D eigenvalue weighted by Crippen LogP contribution is 2.39. The Labute approximate surface area is 158 Å². The fourth-order valence-corrected chi connectivity index (χ4v) is 4.18. The number of nitrogens with one attached hydrogen (secondary N) is 1. The quantitative estimate of drug-likeness (QED) is 0.868. The van der Waals surface area contributed by atoms with Crippen molar-refractivity contribution >= 4 is 17.5 Å². The van der Waals surface area contributed by atoms with Crippen molar-refractivity contribution in [1.29, 1.82) is 0 Å². The number of carbonyl (C=O) groups is 1. The molecule has 1 saturated carbocycles. The van der Waals surface area contributed by atoms with Crippen molar-refractivity contribution in [1.82, 2.24) is 15.3 Å². The van der Waals surface area contributed by atoms with E-state index in [0.29, 0.717) is 23.9 Å². The van der Waals surface area contributed by atoms with Crippen LogP contribution in [0.25, 0.3) is 11.1 Å². The first-order valence-corrected chi connectivity index (χ1v) is 9.58. The Bertz CT molecular complexity index is 791. The van der Waals surface area contributed by atoms with Gasteiger partial charge in [-0.15, -0.1) is 0 Å². The average molecular weight is 372 g/mol. The molecule has 0 unspecified atom stereocenters. The molecule has 136 valence electrons. The molecule has 1 aromatic heterocycles. The third-order valence-corrected chi connectivity index (χ3v) is 5.50. The smallest absolute Gasteiger partial charge is 0.220 e. The van der Waals surface area contributed by atoms with Crippen LogP contribution >= 0.6 is 11.6 Å². The molecule has 1 amide bonds. The van der Waals surface area contributed by atoms with Crippen molar-refractivity contribution in [2.75, 3.05) is 6.54 Å². The number of halogens is 1. The Morgan fingerprint density at radius 3 is 2.73 bits per heavy atom. The highest BCUT2D eigenvalue weighted by molar-refractivity contribution is 6.32. The summed E-state index contributed by atoms with van der Waals surface area (Å²) in [4.78, 5) is 20.2. The fourth-order valence-electron chi connectivity index (χ4n) is 3.89. The summed E-state index contributed by atoms with van der Waals surface area (Å²) in [6.07, 6.45) is 11.2. The lowest BCUT2D eigenvalue weighted by molar-refractivity contribution is -0.122. The molecular formula is C20H22ClN3O2. The number of carbonyl (C=O) groups excluding carboxylic acids is 1. The zero-order chi connectivity index (χ0) is 17.9. The van der Waals surface area contributed by atoms with Gasteiger partial charge in [-0.3, -0.25) is 4.79 Å². The summed E-state index contributed by atoms with van der Waals surface area (Å²) in [6.45, 7) is 0.514. The molecule has 0 bridgehead atoms. The number of hydrogen-bond donors (Lipinski definition) is 1. The molecule has 1 atom stereocenters. The van der Waals surface area contributed by atoms with Gasteiger partial charge in [0.2, 0.25) is 5.91 Å². The predicted molar refractivity (Wildman–Crippen MR) is 100 cm³/mol. The normalized spacial score (nSPS) is 19.2. The molecule has 6 heteroatoms. The molecule has 1 aromatic carbocycles. The Balaban J connectivity index is 1.37. The fraction of sp³-hybridized carbons (Fsp3) is 0.450. The lowest BCUT2D eigenvalue weighted by atomic mass is 10.0. The van der Waals surface area contributed by atoms with E-state index in [9.17, 15) is 4.79 Å². The Morgan fingerprint density at radius 2 is 1.96 bits per heavy atom. The molecule has 4 rings (SSSR count). The second-order valence-electron chi connectivity index (χ2n) is 7.18. The first kappa shape index (κ1) is 17.3. The lowest BCUT2D eigenvalue weighted by Crippen LogP contribution is -2.35. The van der Waals surface area contributed by atoms with Crippen LogP contribution in [0.3, 0.4) is 0 Å². The summed E-state index contributed by atoms with van der Waals surface area (Å²) in [5, 5.41) is 3.61. The van der Waals surface area contributed by atoms with Gasteiger partial charge in [0.15, 0.2) is 0 Å². The number of amides is 1. The van der Waals surface area contributed by atoms with E-state index in [0.717, 1.165) is 28.9 Å². The van der Waals surface area contributed by atoms with Crippen molar-refractivity contribution in [3.63, 3.8) is 0 Å². The highest BCUT2D eigenvalue weighted by atomic mass is 35.5. The van der Waals surface area contributed by atoms with E-state index in [1.165, 1.54) is 32.0 Å². The number of benzene rings is 1. The van der Waals surface area contributed by atoms with Crippen LogP contribution in [0, 0.1) is 5.92 Å². The van der Waals surface area contributed by atoms with Crippen LogP contribution in [-0.2, 0) is 11.2 Å². The molecule has 2 aromatic rings. The molecule has 1 N–H and O–H groups in total. The van der Waals surface area contributed by atoms with E-state index in [1.807, 2.05) is 6.07 Å². The summed E-state index contributed by atoms with van der Waals surface area (Å²) in [6, 6.07) is 3.94. The van der Waals surface area contributed by atoms with Crippen molar-refractivity contribution in [2.24, 2.45) is 5.92 Å². The number of aromatic nitrogens is 2. The Hall–Kier alpha value is -2.14. The SMILES string of the molecule is O=C(CC1CCCC1)NC[C@@H]1Cc2cc(-c3cncnc3)cc(Cl)c2O1. The standard InChI is InChI=1S/C20H22ClN3O2/c21-18-8-14(16-9-22-12-23-10-16)6-15-7-17(26-20(15)18)11-24-19(25)5-13-3-1-2-4-13/h6,8-10,12-13,17H,1-5,7,11H2,(H,24,25)/t17-/m0/s1. The molecule has 1 fully saturated rings. The van der Waals surface area contributed by atoms with Crippen molar-refractivity contribution < 1.29 is 9.53 Å². The van der Waals surface area contributed by atoms with Crippen molar-refractivity contribution in [3.8, 4) is 16.9 Å². The summed E-state index contributed by atoms with van der Waals surface area (Å²) in [7, 11) is 0. The maximum Gasteiger partial charge on any atom is 0.220 e. The van der Waals surface area contributed by atoms with E-state index in [-0.39, 0.29) is 12.0 Å². The number of nitrogens with zero attached hydrogens (tertiary/aromatic N) is 2. The molecule has 0 saturated heterocycles. The summed E-state index contributed by atoms with van der Waals surface area (Å²) in [5.74, 6) is 1.41. The second kappa shape index (κ2) is 7.62. The van der Waals surface area contributed by atoms with E-state index in [2.05, 4.69) is 21.4 Å². The summed E-state index contributed by atoms with van der Waals surface area (Å²) < 4.78 is 5.97. The molecule has 5 nitrogen and oxygen atoms in total. The second-order valence-corrected chi connectivity index (χ2v) is 7.58. The van der Waals surface area contributed by atoms with Crippen LogP contribution in [0.1, 0.15) is 37.7 Å². The largest absolute Gasteiger partial charge is 0.486 e. The topological polar surface area (TPSA) is 64.1 Å². The Morgan fingerprint density at radius 1 is 1.19 bits per heavy atom. The predicted octanol–water partition coefficient (Wildman–Crippen LogP) is 3.80. The van der Waals surface area contributed by atoms with Gasteiger partial charge in [-0.1, -0.05) is 24.4 Å². The minimum Gasteiger partial charge on any atom is -0.486 e. The van der Waals surface area contributed by atoms with Crippen LogP contribution in [0.15, 0.2) is 30.9 Å². The van der Waals surface area contributed by atoms with Crippen LogP contribution < -0.4 is 10.1 Å². The van der Waals surface area contributed by atoms with Crippen LogP contribution in [-0.4, -0.2) is 28.5 Å². The van der Waals surface area contributed by atoms with Gasteiger partial charge < -0.3 is 10.1 Å². The van der Waals surface area contributed by atoms with Gasteiger partial charge in [-0.05, 0) is 36.5 Å². The number of hydrogen-bond acceptors (Lipinski definition) is 4. The first-order valence-electron chi connectivity index (χ1n) is 9.20. The lowest BCUT2D eigenvalue weighted by Gasteiger charge is -2.14. The molecule has 1 aliphatic heterocycles. The summed E-state index contributed by atoms with van der Waals surface area (Å²) in [5.41, 5.74) is 2.96. The minimum absolute atomic E-state index is 0.0719. The maximum absolute atomic E-state index is 12.1. The van der Waals surface area contributed by atoms with E-state index < -0.39 is 0 Å². The zero-order valence-corrected chi connectivity index (χ0v) is 15.3. The van der Waals surface area contributed by atoms with Gasteiger partial charge in [0.05, 0.1) is 11.6 Å². The number of fused-ring (bicyclic) bond motifs is 1. The third kappa shape index (κ3) is 3.83. The van der Waals surface area contributed by atoms with Crippen molar-refractivity contribution in [3.05, 3.63) is 41.4 Å². The van der Waals surface area contributed by atoms with Crippen LogP contribution in [0.2, 0.25) is 5.02 Å². The average Bonchev–Trinajstić information content (AvgIpc) is 3.30. The molecule has 1 aliphatic carbocycles. The van der Waals surface area contributed by atoms with E-state index >= 15 is 0 Å². The van der Waals surface area contributed by atoms with Gasteiger partial charge in [0, 0.05) is 36.4 Å². The van der Waals surface area contributed by atoms with Crippen LogP contribution in [0.5, 0.6) is 5.75 Å².